The van der Waals surface area contributed by atoms with Crippen LogP contribution < -0.4 is 10.1 Å². The van der Waals surface area contributed by atoms with Crippen LogP contribution in [-0.2, 0) is 0 Å². The van der Waals surface area contributed by atoms with Crippen LogP contribution in [0.1, 0.15) is 5.56 Å². The number of aryl methyl sites for hydroxylation is 1. The van der Waals surface area contributed by atoms with Crippen molar-refractivity contribution in [2.75, 3.05) is 18.5 Å². The van der Waals surface area contributed by atoms with Crippen molar-refractivity contribution < 1.29 is 14.2 Å². The highest BCUT2D eigenvalue weighted by atomic mass is 35.5. The van der Waals surface area contributed by atoms with Crippen LogP contribution in [0.3, 0.4) is 0 Å². The monoisotopic (exact) mass is 309 g/mol. The van der Waals surface area contributed by atoms with Gasteiger partial charge < -0.3 is 15.2 Å². The maximum atomic E-state index is 13.0. The van der Waals surface area contributed by atoms with Gasteiger partial charge >= 0.3 is 0 Å². The first-order chi connectivity index (χ1) is 10.0. The molecule has 5 heteroatoms. The van der Waals surface area contributed by atoms with E-state index in [9.17, 15) is 9.50 Å². The smallest absolute Gasteiger partial charge is 0.123 e. The molecule has 0 aromatic heterocycles. The maximum absolute atomic E-state index is 13.0. The van der Waals surface area contributed by atoms with Gasteiger partial charge in [-0.15, -0.1) is 0 Å². The lowest BCUT2D eigenvalue weighted by molar-refractivity contribution is 0.117. The minimum atomic E-state index is -0.676. The Balaban J connectivity index is 1.79. The van der Waals surface area contributed by atoms with Crippen molar-refractivity contribution in [1.82, 2.24) is 0 Å². The quantitative estimate of drug-likeness (QED) is 0.856. The summed E-state index contributed by atoms with van der Waals surface area (Å²) in [4.78, 5) is 0. The first kappa shape index (κ1) is 15.6. The van der Waals surface area contributed by atoms with Gasteiger partial charge in [0.2, 0.25) is 0 Å². The molecule has 2 aromatic carbocycles. The van der Waals surface area contributed by atoms with E-state index in [0.717, 1.165) is 11.3 Å². The van der Waals surface area contributed by atoms with Crippen molar-refractivity contribution in [2.24, 2.45) is 0 Å². The molecule has 2 rings (SSSR count). The fourth-order valence-corrected chi connectivity index (χ4v) is 1.96. The van der Waals surface area contributed by atoms with Crippen molar-refractivity contribution >= 4 is 17.3 Å². The number of aliphatic hydroxyl groups is 1. The molecule has 0 saturated heterocycles. The minimum Gasteiger partial charge on any atom is -0.491 e. The summed E-state index contributed by atoms with van der Waals surface area (Å²) >= 11 is 5.78. The molecular weight excluding hydrogens is 293 g/mol. The lowest BCUT2D eigenvalue weighted by Crippen LogP contribution is -2.26. The van der Waals surface area contributed by atoms with Crippen LogP contribution in [0.2, 0.25) is 5.02 Å². The summed E-state index contributed by atoms with van der Waals surface area (Å²) in [5, 5.41) is 13.6. The van der Waals surface area contributed by atoms with E-state index in [1.807, 2.05) is 6.92 Å². The topological polar surface area (TPSA) is 41.5 Å². The van der Waals surface area contributed by atoms with Crippen molar-refractivity contribution in [3.63, 3.8) is 0 Å². The molecule has 0 bridgehead atoms. The van der Waals surface area contributed by atoms with E-state index in [0.29, 0.717) is 17.3 Å². The highest BCUT2D eigenvalue weighted by Crippen LogP contribution is 2.17. The third-order valence-electron chi connectivity index (χ3n) is 2.97. The first-order valence-electron chi connectivity index (χ1n) is 6.61. The Bertz CT molecular complexity index is 589. The largest absolute Gasteiger partial charge is 0.491 e. The third-order valence-corrected chi connectivity index (χ3v) is 3.22. The van der Waals surface area contributed by atoms with E-state index in [1.54, 1.807) is 30.3 Å². The summed E-state index contributed by atoms with van der Waals surface area (Å²) in [6.07, 6.45) is -0.676. The van der Waals surface area contributed by atoms with E-state index in [1.165, 1.54) is 12.1 Å². The van der Waals surface area contributed by atoms with Gasteiger partial charge in [-0.1, -0.05) is 11.6 Å². The molecular formula is C16H17ClFNO2. The molecule has 1 atom stereocenters. The highest BCUT2D eigenvalue weighted by Gasteiger charge is 2.07. The van der Waals surface area contributed by atoms with Crippen LogP contribution in [0.15, 0.2) is 42.5 Å². The van der Waals surface area contributed by atoms with E-state index >= 15 is 0 Å². The van der Waals surface area contributed by atoms with Crippen molar-refractivity contribution in [3.05, 3.63) is 58.9 Å². The Morgan fingerprint density at radius 3 is 2.62 bits per heavy atom. The minimum absolute atomic E-state index is 0.162. The number of hydrogen-bond donors (Lipinski definition) is 2. The predicted molar refractivity (Wildman–Crippen MR) is 82.6 cm³/mol. The SMILES string of the molecule is Cc1cc(F)ccc1NCC(O)COc1ccc(Cl)cc1. The van der Waals surface area contributed by atoms with Crippen LogP contribution in [0.25, 0.3) is 0 Å². The number of anilines is 1. The number of halogens is 2. The van der Waals surface area contributed by atoms with Crippen molar-refractivity contribution in [2.45, 2.75) is 13.0 Å². The molecule has 2 aromatic rings. The van der Waals surface area contributed by atoms with Gasteiger partial charge in [0.15, 0.2) is 0 Å². The second kappa shape index (κ2) is 7.29. The van der Waals surface area contributed by atoms with Gasteiger partial charge in [0.25, 0.3) is 0 Å². The van der Waals surface area contributed by atoms with Gasteiger partial charge in [-0.2, -0.15) is 0 Å². The molecule has 0 fully saturated rings. The molecule has 0 aliphatic rings. The van der Waals surface area contributed by atoms with Crippen LogP contribution in [0.5, 0.6) is 5.75 Å². The number of aliphatic hydroxyl groups excluding tert-OH is 1. The van der Waals surface area contributed by atoms with Gasteiger partial charge in [0.1, 0.15) is 24.3 Å². The molecule has 2 N–H and O–H groups in total. The summed E-state index contributed by atoms with van der Waals surface area (Å²) in [7, 11) is 0. The zero-order valence-electron chi connectivity index (χ0n) is 11.6. The van der Waals surface area contributed by atoms with Crippen LogP contribution in [0.4, 0.5) is 10.1 Å². The van der Waals surface area contributed by atoms with Gasteiger partial charge in [-0.3, -0.25) is 0 Å². The predicted octanol–water partition coefficient (Wildman–Crippen LogP) is 3.64. The van der Waals surface area contributed by atoms with E-state index < -0.39 is 6.10 Å². The van der Waals surface area contributed by atoms with Crippen LogP contribution in [0, 0.1) is 12.7 Å². The summed E-state index contributed by atoms with van der Waals surface area (Å²) in [5.41, 5.74) is 1.59. The summed E-state index contributed by atoms with van der Waals surface area (Å²) in [5.74, 6) is 0.376. The molecule has 0 heterocycles. The van der Waals surface area contributed by atoms with Gasteiger partial charge in [-0.25, -0.2) is 4.39 Å². The highest BCUT2D eigenvalue weighted by molar-refractivity contribution is 6.30. The van der Waals surface area contributed by atoms with E-state index in [2.05, 4.69) is 5.32 Å². The second-order valence-electron chi connectivity index (χ2n) is 4.76. The zero-order valence-corrected chi connectivity index (χ0v) is 12.4. The Labute approximate surface area is 128 Å². The summed E-state index contributed by atoms with van der Waals surface area (Å²) in [6, 6.07) is 11.4. The fraction of sp³-hybridized carbons (Fsp3) is 0.250. The summed E-state index contributed by atoms with van der Waals surface area (Å²) in [6.45, 7) is 2.29. The molecule has 3 nitrogen and oxygen atoms in total. The molecule has 0 aliphatic carbocycles. The number of rotatable bonds is 6. The number of benzene rings is 2. The molecule has 0 spiro atoms. The Kier molecular flexibility index (Phi) is 5.42. The van der Waals surface area contributed by atoms with Gasteiger partial charge in [0, 0.05) is 17.3 Å². The molecule has 0 saturated carbocycles. The third kappa shape index (κ3) is 4.92. The fourth-order valence-electron chi connectivity index (χ4n) is 1.84. The average molecular weight is 310 g/mol. The van der Waals surface area contributed by atoms with Gasteiger partial charge in [0.05, 0.1) is 0 Å². The van der Waals surface area contributed by atoms with Crippen LogP contribution in [-0.4, -0.2) is 24.4 Å². The Hall–Kier alpha value is -1.78. The molecule has 112 valence electrons. The lowest BCUT2D eigenvalue weighted by atomic mass is 10.2. The first-order valence-corrected chi connectivity index (χ1v) is 6.99. The number of hydrogen-bond acceptors (Lipinski definition) is 3. The maximum Gasteiger partial charge on any atom is 0.123 e. The molecule has 1 unspecified atom stereocenters. The molecule has 0 radical (unpaired) electrons. The molecule has 21 heavy (non-hydrogen) atoms. The van der Waals surface area contributed by atoms with E-state index in [-0.39, 0.29) is 12.4 Å². The van der Waals surface area contributed by atoms with Gasteiger partial charge in [-0.05, 0) is 55.0 Å². The summed E-state index contributed by atoms with van der Waals surface area (Å²) < 4.78 is 18.4. The number of nitrogens with one attached hydrogen (secondary N) is 1. The normalized spacial score (nSPS) is 12.0. The number of ether oxygens (including phenoxy) is 1. The molecule has 0 aliphatic heterocycles. The van der Waals surface area contributed by atoms with Crippen molar-refractivity contribution in [1.29, 1.82) is 0 Å². The van der Waals surface area contributed by atoms with Crippen molar-refractivity contribution in [3.8, 4) is 5.75 Å². The van der Waals surface area contributed by atoms with Crippen LogP contribution >= 0.6 is 11.6 Å². The average Bonchev–Trinajstić information content (AvgIpc) is 2.46. The lowest BCUT2D eigenvalue weighted by Gasteiger charge is -2.15. The second-order valence-corrected chi connectivity index (χ2v) is 5.20. The zero-order chi connectivity index (χ0) is 15.2. The molecule has 0 amide bonds. The Morgan fingerprint density at radius 2 is 1.95 bits per heavy atom. The standard InChI is InChI=1S/C16H17ClFNO2/c1-11-8-13(18)4-7-16(11)19-9-14(20)10-21-15-5-2-12(17)3-6-15/h2-8,14,19-20H,9-10H2,1H3. The Morgan fingerprint density at radius 1 is 1.24 bits per heavy atom. The van der Waals surface area contributed by atoms with E-state index in [4.69, 9.17) is 16.3 Å².